The largest absolute Gasteiger partial charge is 0.438 e. The minimum absolute atomic E-state index is 0.0808. The smallest absolute Gasteiger partial charge is 0.396 e. The van der Waals surface area contributed by atoms with Gasteiger partial charge >= 0.3 is 29.9 Å². The molecule has 1 unspecified atom stereocenters. The highest BCUT2D eigenvalue weighted by atomic mass is 19.4. The Hall–Kier alpha value is -0.810. The number of aliphatic hydroxyl groups excluding tert-OH is 1. The van der Waals surface area contributed by atoms with E-state index in [0.29, 0.717) is 0 Å². The molecule has 1 atom stereocenters. The van der Waals surface area contributed by atoms with Crippen LogP contribution in [0.1, 0.15) is 26.2 Å². The number of rotatable bonds is 7. The van der Waals surface area contributed by atoms with E-state index in [9.17, 15) is 48.3 Å². The molecule has 0 aromatic heterocycles. The maximum atomic E-state index is 13.6. The topological polar surface area (TPSA) is 20.2 Å². The number of hydrogen-bond acceptors (Lipinski definition) is 1. The van der Waals surface area contributed by atoms with Crippen LogP contribution in [0, 0.1) is 5.92 Å². The van der Waals surface area contributed by atoms with Gasteiger partial charge in [0.15, 0.2) is 0 Å². The van der Waals surface area contributed by atoms with Crippen LogP contribution in [0.2, 0.25) is 0 Å². The van der Waals surface area contributed by atoms with Gasteiger partial charge in [-0.2, -0.15) is 43.9 Å². The maximum Gasteiger partial charge on any atom is 0.438 e. The summed E-state index contributed by atoms with van der Waals surface area (Å²) in [5, 5.41) is 8.62. The summed E-state index contributed by atoms with van der Waals surface area (Å²) in [6, 6.07) is 0. The molecule has 0 rings (SSSR count). The van der Waals surface area contributed by atoms with Gasteiger partial charge in [0.05, 0.1) is 12.5 Å². The van der Waals surface area contributed by atoms with Crippen molar-refractivity contribution in [2.45, 2.75) is 56.1 Å². The van der Waals surface area contributed by atoms with Crippen LogP contribution in [0.3, 0.4) is 0 Å². The lowest BCUT2D eigenvalue weighted by Crippen LogP contribution is -2.71. The number of aliphatic hydroxyl groups is 1. The van der Waals surface area contributed by atoms with E-state index in [4.69, 9.17) is 5.11 Å². The van der Waals surface area contributed by atoms with Crippen molar-refractivity contribution >= 4 is 0 Å². The lowest BCUT2D eigenvalue weighted by molar-refractivity contribution is -0.432. The van der Waals surface area contributed by atoms with Gasteiger partial charge in [-0.3, -0.25) is 0 Å². The molecule has 0 aromatic carbocycles. The molecule has 1 N–H and O–H groups in total. The molecule has 0 saturated carbocycles. The Kier molecular flexibility index (Phi) is 6.36. The van der Waals surface area contributed by atoms with Crippen LogP contribution < -0.4 is 0 Å². The number of alkyl halides is 11. The van der Waals surface area contributed by atoms with Crippen molar-refractivity contribution < 1.29 is 53.4 Å². The van der Waals surface area contributed by atoms with E-state index in [1.807, 2.05) is 0 Å². The molecule has 12 heteroatoms. The summed E-state index contributed by atoms with van der Waals surface area (Å²) in [6.45, 7) is -0.468. The molecular weight excluding hydrogens is 357 g/mol. The minimum atomic E-state index is -7.46. The third-order valence-corrected chi connectivity index (χ3v) is 3.27. The minimum Gasteiger partial charge on any atom is -0.396 e. The van der Waals surface area contributed by atoms with Gasteiger partial charge in [0.2, 0.25) is 0 Å². The highest BCUT2D eigenvalue weighted by Gasteiger charge is 2.90. The van der Waals surface area contributed by atoms with Crippen LogP contribution in [0.4, 0.5) is 48.3 Å². The molecule has 23 heavy (non-hydrogen) atoms. The zero-order valence-electron chi connectivity index (χ0n) is 11.5. The first-order valence-electron chi connectivity index (χ1n) is 6.21. The fraction of sp³-hybridized carbons (Fsp3) is 1.00. The van der Waals surface area contributed by atoms with E-state index in [1.54, 1.807) is 0 Å². The van der Waals surface area contributed by atoms with Gasteiger partial charge in [-0.1, -0.05) is 19.8 Å². The highest BCUT2D eigenvalue weighted by Crippen LogP contribution is 2.60. The monoisotopic (exact) mass is 370 g/mol. The Morgan fingerprint density at radius 2 is 1.17 bits per heavy atom. The Labute approximate surface area is 123 Å². The summed E-state index contributed by atoms with van der Waals surface area (Å²) in [5.74, 6) is -16.2. The van der Waals surface area contributed by atoms with E-state index in [1.165, 1.54) is 6.92 Å². The van der Waals surface area contributed by atoms with Gasteiger partial charge in [-0.25, -0.2) is 4.39 Å². The molecule has 140 valence electrons. The van der Waals surface area contributed by atoms with Gasteiger partial charge in [-0.15, -0.1) is 0 Å². The van der Waals surface area contributed by atoms with E-state index >= 15 is 0 Å². The predicted molar refractivity (Wildman–Crippen MR) is 55.9 cm³/mol. The zero-order chi connectivity index (χ0) is 18.9. The summed E-state index contributed by atoms with van der Waals surface area (Å²) in [4.78, 5) is 0. The van der Waals surface area contributed by atoms with Gasteiger partial charge in [0.25, 0.3) is 0 Å². The first-order valence-corrected chi connectivity index (χ1v) is 6.21. The second-order valence-corrected chi connectivity index (χ2v) is 4.87. The SMILES string of the molecule is CCCCC(CO)C(F)(F)C(F)(F)C(F)(C(F)(F)F)C(F)(F)F. The van der Waals surface area contributed by atoms with Crippen LogP contribution in [0.5, 0.6) is 0 Å². The fourth-order valence-corrected chi connectivity index (χ4v) is 1.84. The van der Waals surface area contributed by atoms with Crippen LogP contribution in [-0.2, 0) is 0 Å². The maximum absolute atomic E-state index is 13.6. The van der Waals surface area contributed by atoms with E-state index in [0.717, 1.165) is 0 Å². The average molecular weight is 370 g/mol. The van der Waals surface area contributed by atoms with Gasteiger partial charge < -0.3 is 5.11 Å². The molecule has 0 saturated heterocycles. The fourth-order valence-electron chi connectivity index (χ4n) is 1.84. The van der Waals surface area contributed by atoms with Crippen molar-refractivity contribution in [1.29, 1.82) is 0 Å². The number of hydrogen-bond donors (Lipinski definition) is 1. The van der Waals surface area contributed by atoms with Crippen molar-refractivity contribution in [1.82, 2.24) is 0 Å². The molecule has 0 aromatic rings. The van der Waals surface area contributed by atoms with Crippen molar-refractivity contribution in [3.8, 4) is 0 Å². The second-order valence-electron chi connectivity index (χ2n) is 4.87. The molecule has 0 aliphatic carbocycles. The summed E-state index contributed by atoms with van der Waals surface area (Å²) < 4.78 is 141. The standard InChI is InChI=1S/C11H13F11O/c1-2-3-4-6(5-23)7(12,13)9(15,16)8(14,10(17,18)19)11(20,21)22/h6,23H,2-5H2,1H3. The summed E-state index contributed by atoms with van der Waals surface area (Å²) in [7, 11) is 0. The van der Waals surface area contributed by atoms with E-state index in [-0.39, 0.29) is 12.8 Å². The summed E-state index contributed by atoms with van der Waals surface area (Å²) >= 11 is 0. The van der Waals surface area contributed by atoms with Crippen LogP contribution in [0.15, 0.2) is 0 Å². The molecule has 0 bridgehead atoms. The summed E-state index contributed by atoms with van der Waals surface area (Å²) in [6.07, 6.45) is -15.9. The summed E-state index contributed by atoms with van der Waals surface area (Å²) in [5.41, 5.74) is -7.46. The first kappa shape index (κ1) is 22.2. The molecule has 0 spiro atoms. The number of halogens is 11. The van der Waals surface area contributed by atoms with E-state index in [2.05, 4.69) is 0 Å². The predicted octanol–water partition coefficient (Wildman–Crippen LogP) is 4.89. The average Bonchev–Trinajstić information content (AvgIpc) is 2.35. The van der Waals surface area contributed by atoms with Crippen LogP contribution in [-0.4, -0.2) is 41.6 Å². The van der Waals surface area contributed by atoms with Crippen LogP contribution in [0.25, 0.3) is 0 Å². The van der Waals surface area contributed by atoms with Crippen molar-refractivity contribution in [3.63, 3.8) is 0 Å². The zero-order valence-corrected chi connectivity index (χ0v) is 11.5. The third-order valence-electron chi connectivity index (χ3n) is 3.27. The quantitative estimate of drug-likeness (QED) is 0.633. The molecule has 0 radical (unpaired) electrons. The van der Waals surface area contributed by atoms with Crippen LogP contribution >= 0.6 is 0 Å². The first-order chi connectivity index (χ1) is 10.0. The lowest BCUT2D eigenvalue weighted by Gasteiger charge is -2.41. The Morgan fingerprint density at radius 1 is 0.783 bits per heavy atom. The van der Waals surface area contributed by atoms with Gasteiger partial charge in [-0.05, 0) is 6.42 Å². The molecule has 0 amide bonds. The van der Waals surface area contributed by atoms with Gasteiger partial charge in [0, 0.05) is 0 Å². The lowest BCUT2D eigenvalue weighted by atomic mass is 9.82. The van der Waals surface area contributed by atoms with Crippen molar-refractivity contribution in [3.05, 3.63) is 0 Å². The normalized spacial score (nSPS) is 16.6. The Morgan fingerprint density at radius 3 is 1.43 bits per heavy atom. The Bertz CT molecular complexity index is 370. The third kappa shape index (κ3) is 3.50. The molecular formula is C11H13F11O. The van der Waals surface area contributed by atoms with Gasteiger partial charge in [0.1, 0.15) is 0 Å². The highest BCUT2D eigenvalue weighted by molar-refractivity contribution is 5.12. The van der Waals surface area contributed by atoms with Crippen molar-refractivity contribution in [2.75, 3.05) is 6.61 Å². The molecule has 0 aliphatic heterocycles. The molecule has 0 aliphatic rings. The molecule has 0 fully saturated rings. The Balaban J connectivity index is 6.15. The van der Waals surface area contributed by atoms with Crippen molar-refractivity contribution in [2.24, 2.45) is 5.92 Å². The number of unbranched alkanes of at least 4 members (excludes halogenated alkanes) is 1. The van der Waals surface area contributed by atoms with E-state index < -0.39 is 48.8 Å². The molecule has 1 nitrogen and oxygen atoms in total. The second kappa shape index (κ2) is 6.60. The molecule has 0 heterocycles.